The van der Waals surface area contributed by atoms with Gasteiger partial charge < -0.3 is 9.47 Å². The van der Waals surface area contributed by atoms with Gasteiger partial charge in [-0.2, -0.15) is 0 Å². The topological polar surface area (TPSA) is 78.7 Å². The average molecular weight is 299 g/mol. The zero-order chi connectivity index (χ0) is 15.7. The van der Waals surface area contributed by atoms with Crippen LogP contribution in [0.2, 0.25) is 0 Å². The smallest absolute Gasteiger partial charge is 0.342 e. The summed E-state index contributed by atoms with van der Waals surface area (Å²) in [6.45, 7) is -0.638. The van der Waals surface area contributed by atoms with Crippen molar-refractivity contribution in [3.8, 4) is 11.1 Å². The Bertz CT molecular complexity index is 743. The van der Waals surface area contributed by atoms with E-state index in [1.165, 1.54) is 7.11 Å². The molecule has 22 heavy (non-hydrogen) atoms. The lowest BCUT2D eigenvalue weighted by Gasteiger charge is -2.22. The second-order valence-electron chi connectivity index (χ2n) is 4.93. The predicted octanol–water partition coefficient (Wildman–Crippen LogP) is 2.60. The van der Waals surface area contributed by atoms with Gasteiger partial charge in [0.2, 0.25) is 0 Å². The van der Waals surface area contributed by atoms with Gasteiger partial charge in [0.05, 0.1) is 5.56 Å². The molecule has 0 saturated carbocycles. The van der Waals surface area contributed by atoms with Gasteiger partial charge in [0.25, 0.3) is 6.54 Å². The minimum atomic E-state index is -1.67. The lowest BCUT2D eigenvalue weighted by atomic mass is 9.93. The molecule has 0 aromatic heterocycles. The highest BCUT2D eigenvalue weighted by atomic mass is 16.7. The van der Waals surface area contributed by atoms with Crippen molar-refractivity contribution in [1.82, 2.24) is 0 Å². The van der Waals surface area contributed by atoms with E-state index in [1.807, 2.05) is 30.3 Å². The summed E-state index contributed by atoms with van der Waals surface area (Å²) >= 11 is 0. The van der Waals surface area contributed by atoms with E-state index in [2.05, 4.69) is 0 Å². The van der Waals surface area contributed by atoms with Crippen molar-refractivity contribution in [3.63, 3.8) is 0 Å². The van der Waals surface area contributed by atoms with Gasteiger partial charge in [-0.05, 0) is 11.1 Å². The first-order valence-corrected chi connectivity index (χ1v) is 6.66. The molecule has 0 bridgehead atoms. The Kier molecular flexibility index (Phi) is 3.38. The molecule has 1 unspecified atom stereocenters. The van der Waals surface area contributed by atoms with Crippen LogP contribution in [0, 0.1) is 10.1 Å². The summed E-state index contributed by atoms with van der Waals surface area (Å²) in [5.74, 6) is -2.28. The Balaban J connectivity index is 2.20. The van der Waals surface area contributed by atoms with Crippen LogP contribution in [0.25, 0.3) is 11.1 Å². The number of nitrogens with zero attached hydrogens (tertiary/aromatic N) is 1. The quantitative estimate of drug-likeness (QED) is 0.492. The Morgan fingerprint density at radius 2 is 1.91 bits per heavy atom. The molecule has 2 aromatic rings. The third kappa shape index (κ3) is 2.14. The number of rotatable bonds is 4. The van der Waals surface area contributed by atoms with E-state index in [0.717, 1.165) is 5.56 Å². The molecule has 3 rings (SSSR count). The summed E-state index contributed by atoms with van der Waals surface area (Å²) in [5, 5.41) is 10.9. The summed E-state index contributed by atoms with van der Waals surface area (Å²) in [5.41, 5.74) is 2.21. The molecule has 1 atom stereocenters. The van der Waals surface area contributed by atoms with E-state index in [-0.39, 0.29) is 0 Å². The first-order valence-electron chi connectivity index (χ1n) is 6.66. The van der Waals surface area contributed by atoms with Gasteiger partial charge in [0.1, 0.15) is 0 Å². The van der Waals surface area contributed by atoms with Gasteiger partial charge in [-0.15, -0.1) is 0 Å². The maximum atomic E-state index is 12.3. The third-order valence-electron chi connectivity index (χ3n) is 3.69. The van der Waals surface area contributed by atoms with Crippen molar-refractivity contribution < 1.29 is 19.2 Å². The van der Waals surface area contributed by atoms with Crippen LogP contribution in [-0.2, 0) is 15.3 Å². The molecule has 2 aromatic carbocycles. The molecule has 6 heteroatoms. The Morgan fingerprint density at radius 1 is 1.18 bits per heavy atom. The van der Waals surface area contributed by atoms with E-state index in [4.69, 9.17) is 9.47 Å². The van der Waals surface area contributed by atoms with E-state index in [1.54, 1.807) is 18.2 Å². The van der Waals surface area contributed by atoms with Crippen molar-refractivity contribution in [2.75, 3.05) is 13.7 Å². The Morgan fingerprint density at radius 3 is 2.55 bits per heavy atom. The fraction of sp³-hybridized carbons (Fsp3) is 0.188. The molecule has 1 aliphatic rings. The Hall–Kier alpha value is -2.73. The number of esters is 1. The second kappa shape index (κ2) is 5.23. The number of carbonyl (C=O) groups excluding carboxylic acids is 1. The molecule has 0 fully saturated rings. The van der Waals surface area contributed by atoms with Gasteiger partial charge in [-0.3, -0.25) is 10.1 Å². The van der Waals surface area contributed by atoms with Crippen molar-refractivity contribution in [2.24, 2.45) is 0 Å². The third-order valence-corrected chi connectivity index (χ3v) is 3.69. The van der Waals surface area contributed by atoms with Crippen LogP contribution in [0.4, 0.5) is 0 Å². The lowest BCUT2D eigenvalue weighted by molar-refractivity contribution is -0.520. The molecule has 0 aliphatic carbocycles. The molecule has 0 radical (unpaired) electrons. The molecule has 0 saturated heterocycles. The number of hydrogen-bond donors (Lipinski definition) is 0. The van der Waals surface area contributed by atoms with Crippen molar-refractivity contribution >= 4 is 5.97 Å². The van der Waals surface area contributed by atoms with Gasteiger partial charge in [0, 0.05) is 17.6 Å². The van der Waals surface area contributed by atoms with Gasteiger partial charge in [-0.25, -0.2) is 4.79 Å². The van der Waals surface area contributed by atoms with E-state index in [0.29, 0.717) is 16.7 Å². The van der Waals surface area contributed by atoms with Crippen molar-refractivity contribution in [1.29, 1.82) is 0 Å². The normalized spacial score (nSPS) is 19.6. The van der Waals surface area contributed by atoms with Crippen LogP contribution >= 0.6 is 0 Å². The number of fused-ring (bicyclic) bond motifs is 1. The number of methoxy groups -OCH3 is 1. The van der Waals surface area contributed by atoms with Crippen LogP contribution in [0.5, 0.6) is 0 Å². The SMILES string of the molecule is COC1(C[N+](=O)[O-])OC(=O)c2c(-c3ccccc3)cccc21. The maximum Gasteiger partial charge on any atom is 0.342 e. The summed E-state index contributed by atoms with van der Waals surface area (Å²) < 4.78 is 10.5. The number of hydrogen-bond acceptors (Lipinski definition) is 5. The van der Waals surface area contributed by atoms with E-state index < -0.39 is 23.2 Å². The molecule has 0 spiro atoms. The molecular formula is C16H13NO5. The minimum absolute atomic E-state index is 0.317. The minimum Gasteiger partial charge on any atom is -0.418 e. The average Bonchev–Trinajstić information content (AvgIpc) is 2.81. The first kappa shape index (κ1) is 14.2. The zero-order valence-corrected chi connectivity index (χ0v) is 11.8. The standard InChI is InChI=1S/C16H13NO5/c1-21-16(10-17(19)20)13-9-5-8-12(14(13)15(18)22-16)11-6-3-2-4-7-11/h2-9H,10H2,1H3. The molecular weight excluding hydrogens is 286 g/mol. The number of nitro groups is 1. The van der Waals surface area contributed by atoms with Crippen LogP contribution in [0.1, 0.15) is 15.9 Å². The van der Waals surface area contributed by atoms with Crippen LogP contribution in [-0.4, -0.2) is 24.5 Å². The largest absolute Gasteiger partial charge is 0.418 e. The molecule has 0 N–H and O–H groups in total. The summed E-state index contributed by atoms with van der Waals surface area (Å²) in [6.07, 6.45) is 0. The Labute approximate surface area is 126 Å². The molecule has 0 amide bonds. The highest BCUT2D eigenvalue weighted by molar-refractivity contribution is 6.01. The summed E-state index contributed by atoms with van der Waals surface area (Å²) in [6, 6.07) is 14.5. The highest BCUT2D eigenvalue weighted by Gasteiger charge is 2.51. The van der Waals surface area contributed by atoms with Gasteiger partial charge >= 0.3 is 11.8 Å². The second-order valence-corrected chi connectivity index (χ2v) is 4.93. The molecule has 1 heterocycles. The zero-order valence-electron chi connectivity index (χ0n) is 11.8. The van der Waals surface area contributed by atoms with Crippen LogP contribution in [0.15, 0.2) is 48.5 Å². The van der Waals surface area contributed by atoms with E-state index >= 15 is 0 Å². The molecule has 112 valence electrons. The summed E-state index contributed by atoms with van der Waals surface area (Å²) in [4.78, 5) is 22.7. The number of cyclic esters (lactones) is 1. The molecule has 1 aliphatic heterocycles. The number of ether oxygens (including phenoxy) is 2. The molecule has 6 nitrogen and oxygen atoms in total. The summed E-state index contributed by atoms with van der Waals surface area (Å²) in [7, 11) is 1.29. The lowest BCUT2D eigenvalue weighted by Crippen LogP contribution is -2.36. The van der Waals surface area contributed by atoms with Crippen molar-refractivity contribution in [2.45, 2.75) is 5.79 Å². The maximum absolute atomic E-state index is 12.3. The number of benzene rings is 2. The van der Waals surface area contributed by atoms with Gasteiger partial charge in [-0.1, -0.05) is 48.5 Å². The predicted molar refractivity (Wildman–Crippen MR) is 77.8 cm³/mol. The fourth-order valence-electron chi connectivity index (χ4n) is 2.71. The number of carbonyl (C=O) groups is 1. The van der Waals surface area contributed by atoms with Crippen molar-refractivity contribution in [3.05, 3.63) is 69.8 Å². The first-order chi connectivity index (χ1) is 10.6. The van der Waals surface area contributed by atoms with Gasteiger partial charge in [0.15, 0.2) is 0 Å². The fourth-order valence-corrected chi connectivity index (χ4v) is 2.71. The van der Waals surface area contributed by atoms with Crippen LogP contribution < -0.4 is 0 Å². The highest BCUT2D eigenvalue weighted by Crippen LogP contribution is 2.41. The van der Waals surface area contributed by atoms with E-state index in [9.17, 15) is 14.9 Å². The monoisotopic (exact) mass is 299 g/mol. The van der Waals surface area contributed by atoms with Crippen LogP contribution in [0.3, 0.4) is 0 Å².